The van der Waals surface area contributed by atoms with Crippen LogP contribution in [0.2, 0.25) is 0 Å². The van der Waals surface area contributed by atoms with Crippen molar-refractivity contribution >= 4 is 11.8 Å². The highest BCUT2D eigenvalue weighted by molar-refractivity contribution is 5.87. The van der Waals surface area contributed by atoms with E-state index in [4.69, 9.17) is 0 Å². The number of likely N-dealkylation sites (tertiary alicyclic amines) is 1. The molecule has 0 aromatic rings. The van der Waals surface area contributed by atoms with E-state index < -0.39 is 0 Å². The number of nitrogens with zero attached hydrogens (tertiary/aromatic N) is 1. The molecule has 0 aromatic carbocycles. The molecule has 0 radical (unpaired) electrons. The monoisotopic (exact) mass is 237 g/mol. The maximum Gasteiger partial charge on any atom is 0.241 e. The summed E-state index contributed by atoms with van der Waals surface area (Å²) in [6.07, 6.45) is 3.89. The summed E-state index contributed by atoms with van der Waals surface area (Å²) in [5.74, 6) is 1.61. The standard InChI is InChI=1S/C12H19N3O2/c16-11-5-13-10(4-14-11)12(17)15-6-8-2-1-3-9(8)7-15/h8-10,13H,1-7H2,(H,14,16). The molecule has 2 amide bonds. The average Bonchev–Trinajstić information content (AvgIpc) is 2.89. The molecule has 3 atom stereocenters. The van der Waals surface area contributed by atoms with Crippen LogP contribution in [0.15, 0.2) is 0 Å². The fourth-order valence-electron chi connectivity index (χ4n) is 3.38. The first-order chi connectivity index (χ1) is 8.24. The average molecular weight is 237 g/mol. The van der Waals surface area contributed by atoms with Gasteiger partial charge in [-0.05, 0) is 24.7 Å². The van der Waals surface area contributed by atoms with Gasteiger partial charge in [-0.3, -0.25) is 14.9 Å². The quantitative estimate of drug-likeness (QED) is 0.636. The third kappa shape index (κ3) is 2.04. The lowest BCUT2D eigenvalue weighted by Gasteiger charge is -2.28. The van der Waals surface area contributed by atoms with E-state index in [1.165, 1.54) is 19.3 Å². The van der Waals surface area contributed by atoms with E-state index in [9.17, 15) is 9.59 Å². The number of hydrogen-bond acceptors (Lipinski definition) is 3. The molecule has 0 aromatic heterocycles. The molecule has 94 valence electrons. The van der Waals surface area contributed by atoms with Crippen LogP contribution in [0.25, 0.3) is 0 Å². The normalized spacial score (nSPS) is 36.8. The summed E-state index contributed by atoms with van der Waals surface area (Å²) >= 11 is 0. The molecule has 0 bridgehead atoms. The number of nitrogens with one attached hydrogen (secondary N) is 2. The Morgan fingerprint density at radius 3 is 2.53 bits per heavy atom. The third-order valence-electron chi connectivity index (χ3n) is 4.35. The Kier molecular flexibility index (Phi) is 2.78. The van der Waals surface area contributed by atoms with Gasteiger partial charge in [-0.25, -0.2) is 0 Å². The number of rotatable bonds is 1. The molecule has 2 aliphatic heterocycles. The zero-order valence-corrected chi connectivity index (χ0v) is 9.95. The van der Waals surface area contributed by atoms with Crippen LogP contribution < -0.4 is 10.6 Å². The van der Waals surface area contributed by atoms with Crippen LogP contribution in [-0.2, 0) is 9.59 Å². The van der Waals surface area contributed by atoms with Gasteiger partial charge in [0, 0.05) is 19.6 Å². The molecule has 17 heavy (non-hydrogen) atoms. The zero-order chi connectivity index (χ0) is 11.8. The number of amides is 2. The van der Waals surface area contributed by atoms with Gasteiger partial charge in [-0.15, -0.1) is 0 Å². The molecule has 5 nitrogen and oxygen atoms in total. The Bertz CT molecular complexity index is 323. The molecule has 3 aliphatic rings. The number of carbonyl (C=O) groups excluding carboxylic acids is 2. The van der Waals surface area contributed by atoms with Crippen molar-refractivity contribution in [3.05, 3.63) is 0 Å². The molecule has 5 heteroatoms. The van der Waals surface area contributed by atoms with Crippen molar-refractivity contribution in [2.75, 3.05) is 26.2 Å². The molecular formula is C12H19N3O2. The van der Waals surface area contributed by atoms with Crippen molar-refractivity contribution in [1.82, 2.24) is 15.5 Å². The Labute approximate surface area is 101 Å². The Balaban J connectivity index is 1.58. The first-order valence-corrected chi connectivity index (χ1v) is 6.53. The molecule has 3 unspecified atom stereocenters. The second-order valence-corrected chi connectivity index (χ2v) is 5.43. The maximum atomic E-state index is 12.3. The first kappa shape index (κ1) is 11.0. The lowest BCUT2D eigenvalue weighted by atomic mass is 10.0. The summed E-state index contributed by atoms with van der Waals surface area (Å²) in [5, 5.41) is 5.75. The molecule has 1 aliphatic carbocycles. The van der Waals surface area contributed by atoms with Crippen LogP contribution >= 0.6 is 0 Å². The summed E-state index contributed by atoms with van der Waals surface area (Å²) in [7, 11) is 0. The lowest BCUT2D eigenvalue weighted by Crippen LogP contribution is -2.58. The van der Waals surface area contributed by atoms with Crippen molar-refractivity contribution < 1.29 is 9.59 Å². The van der Waals surface area contributed by atoms with Crippen LogP contribution in [0.4, 0.5) is 0 Å². The predicted octanol–water partition coefficient (Wildman–Crippen LogP) is -0.667. The van der Waals surface area contributed by atoms with E-state index >= 15 is 0 Å². The fraction of sp³-hybridized carbons (Fsp3) is 0.833. The predicted molar refractivity (Wildman–Crippen MR) is 62.2 cm³/mol. The van der Waals surface area contributed by atoms with Gasteiger partial charge in [0.15, 0.2) is 0 Å². The van der Waals surface area contributed by atoms with Crippen LogP contribution in [0.1, 0.15) is 19.3 Å². The second kappa shape index (κ2) is 4.29. The van der Waals surface area contributed by atoms with Crippen molar-refractivity contribution in [3.8, 4) is 0 Å². The fourth-order valence-corrected chi connectivity index (χ4v) is 3.38. The van der Waals surface area contributed by atoms with Crippen molar-refractivity contribution in [1.29, 1.82) is 0 Å². The Morgan fingerprint density at radius 1 is 1.24 bits per heavy atom. The topological polar surface area (TPSA) is 61.4 Å². The van der Waals surface area contributed by atoms with E-state index in [2.05, 4.69) is 10.6 Å². The molecule has 1 saturated carbocycles. The van der Waals surface area contributed by atoms with Crippen LogP contribution in [0, 0.1) is 11.8 Å². The van der Waals surface area contributed by atoms with Gasteiger partial charge in [0.25, 0.3) is 0 Å². The van der Waals surface area contributed by atoms with Crippen molar-refractivity contribution in [2.24, 2.45) is 11.8 Å². The highest BCUT2D eigenvalue weighted by Gasteiger charge is 2.40. The molecular weight excluding hydrogens is 218 g/mol. The molecule has 3 fully saturated rings. The number of piperazine rings is 1. The van der Waals surface area contributed by atoms with E-state index in [0.29, 0.717) is 6.54 Å². The van der Waals surface area contributed by atoms with Gasteiger partial charge in [0.2, 0.25) is 11.8 Å². The van der Waals surface area contributed by atoms with Crippen molar-refractivity contribution in [2.45, 2.75) is 25.3 Å². The minimum atomic E-state index is -0.216. The molecule has 2 heterocycles. The number of hydrogen-bond donors (Lipinski definition) is 2. The second-order valence-electron chi connectivity index (χ2n) is 5.43. The Hall–Kier alpha value is -1.10. The summed E-state index contributed by atoms with van der Waals surface area (Å²) in [5.41, 5.74) is 0. The van der Waals surface area contributed by atoms with E-state index in [1.54, 1.807) is 0 Å². The summed E-state index contributed by atoms with van der Waals surface area (Å²) in [6, 6.07) is -0.216. The smallest absolute Gasteiger partial charge is 0.241 e. The van der Waals surface area contributed by atoms with Crippen LogP contribution in [-0.4, -0.2) is 48.9 Å². The summed E-state index contributed by atoms with van der Waals surface area (Å²) < 4.78 is 0. The number of carbonyl (C=O) groups is 2. The van der Waals surface area contributed by atoms with Gasteiger partial charge < -0.3 is 10.2 Å². The Morgan fingerprint density at radius 2 is 1.94 bits per heavy atom. The minimum Gasteiger partial charge on any atom is -0.353 e. The first-order valence-electron chi connectivity index (χ1n) is 6.53. The zero-order valence-electron chi connectivity index (χ0n) is 9.95. The summed E-state index contributed by atoms with van der Waals surface area (Å²) in [6.45, 7) is 2.55. The highest BCUT2D eigenvalue weighted by atomic mass is 16.2. The van der Waals surface area contributed by atoms with Crippen LogP contribution in [0.3, 0.4) is 0 Å². The lowest BCUT2D eigenvalue weighted by molar-refractivity contribution is -0.134. The molecule has 2 N–H and O–H groups in total. The number of fused-ring (bicyclic) bond motifs is 1. The highest BCUT2D eigenvalue weighted by Crippen LogP contribution is 2.37. The SMILES string of the molecule is O=C1CNC(C(=O)N2CC3CCCC3C2)CN1. The van der Waals surface area contributed by atoms with Gasteiger partial charge in [-0.2, -0.15) is 0 Å². The molecule has 3 rings (SSSR count). The van der Waals surface area contributed by atoms with Gasteiger partial charge in [-0.1, -0.05) is 6.42 Å². The van der Waals surface area contributed by atoms with Gasteiger partial charge in [0.05, 0.1) is 6.54 Å². The van der Waals surface area contributed by atoms with Crippen molar-refractivity contribution in [3.63, 3.8) is 0 Å². The van der Waals surface area contributed by atoms with E-state index in [1.807, 2.05) is 4.90 Å². The van der Waals surface area contributed by atoms with Crippen LogP contribution in [0.5, 0.6) is 0 Å². The van der Waals surface area contributed by atoms with E-state index in [0.717, 1.165) is 24.9 Å². The summed E-state index contributed by atoms with van der Waals surface area (Å²) in [4.78, 5) is 25.3. The maximum absolute atomic E-state index is 12.3. The molecule has 2 saturated heterocycles. The van der Waals surface area contributed by atoms with Gasteiger partial charge >= 0.3 is 0 Å². The third-order valence-corrected chi connectivity index (χ3v) is 4.35. The largest absolute Gasteiger partial charge is 0.353 e. The minimum absolute atomic E-state index is 0.0210. The van der Waals surface area contributed by atoms with Gasteiger partial charge in [0.1, 0.15) is 6.04 Å². The van der Waals surface area contributed by atoms with E-state index in [-0.39, 0.29) is 24.4 Å². The molecule has 0 spiro atoms.